The molecule has 0 fully saturated rings. The molecular weight excluding hydrogens is 518 g/mol. The van der Waals surface area contributed by atoms with Crippen molar-refractivity contribution in [2.75, 3.05) is 0 Å². The second-order valence-electron chi connectivity index (χ2n) is 11.1. The van der Waals surface area contributed by atoms with Crippen molar-refractivity contribution < 1.29 is 0 Å². The smallest absolute Gasteiger partial charge is 0.0707 e. The van der Waals surface area contributed by atoms with Gasteiger partial charge in [-0.05, 0) is 92.4 Å². The number of hydrogen-bond donors (Lipinski definition) is 1. The molecule has 0 aromatic heterocycles. The van der Waals surface area contributed by atoms with E-state index < -0.39 is 0 Å². The van der Waals surface area contributed by atoms with Crippen LogP contribution in [0, 0.1) is 6.92 Å². The van der Waals surface area contributed by atoms with Crippen LogP contribution in [0.5, 0.6) is 0 Å². The quantitative estimate of drug-likeness (QED) is 0.217. The van der Waals surface area contributed by atoms with Crippen LogP contribution in [0.15, 0.2) is 170 Å². The van der Waals surface area contributed by atoms with Gasteiger partial charge in [-0.25, -0.2) is 0 Å². The fourth-order valence-electron chi connectivity index (χ4n) is 6.01. The first-order chi connectivity index (χ1) is 21.2. The van der Waals surface area contributed by atoms with Crippen molar-refractivity contribution in [1.82, 2.24) is 5.32 Å². The average molecular weight is 552 g/mol. The molecule has 1 heteroatoms. The van der Waals surface area contributed by atoms with Crippen LogP contribution in [0.3, 0.4) is 0 Å². The van der Waals surface area contributed by atoms with Crippen LogP contribution in [0.25, 0.3) is 44.7 Å². The number of nitrogens with one attached hydrogen (secondary N) is 1. The molecule has 1 unspecified atom stereocenters. The van der Waals surface area contributed by atoms with Gasteiger partial charge in [-0.1, -0.05) is 146 Å². The van der Waals surface area contributed by atoms with Crippen LogP contribution in [0.1, 0.15) is 28.3 Å². The molecule has 206 valence electrons. The minimum Gasteiger partial charge on any atom is -0.374 e. The normalized spacial score (nSPS) is 14.4. The summed E-state index contributed by atoms with van der Waals surface area (Å²) in [6.45, 7) is 2.19. The zero-order chi connectivity index (χ0) is 29.0. The molecule has 0 saturated heterocycles. The molecule has 0 saturated carbocycles. The van der Waals surface area contributed by atoms with E-state index in [1.807, 2.05) is 0 Å². The molecule has 7 rings (SSSR count). The van der Waals surface area contributed by atoms with Crippen LogP contribution in [-0.2, 0) is 0 Å². The standard InChI is InChI=1S/C42H33N/c1-30-14-11-12-23-38(30)39-25-24-36(27-40(39)31-15-5-2-6-16-31)34-21-13-22-35(26-34)37-28-41(32-17-7-3-8-18-32)43-42(29-37)33-19-9-4-10-20-33/h2-29,41,43H,1H3. The Morgan fingerprint density at radius 2 is 1.05 bits per heavy atom. The third-order valence-electron chi connectivity index (χ3n) is 8.27. The van der Waals surface area contributed by atoms with Crippen molar-refractivity contribution in [3.05, 3.63) is 192 Å². The highest BCUT2D eigenvalue weighted by Crippen LogP contribution is 2.38. The lowest BCUT2D eigenvalue weighted by Gasteiger charge is -2.26. The van der Waals surface area contributed by atoms with Gasteiger partial charge in [-0.15, -0.1) is 0 Å². The summed E-state index contributed by atoms with van der Waals surface area (Å²) < 4.78 is 0. The third kappa shape index (κ3) is 5.58. The second-order valence-corrected chi connectivity index (χ2v) is 11.1. The molecule has 0 amide bonds. The SMILES string of the molecule is Cc1ccccc1-c1ccc(-c2cccc(C3=CC(c4ccccc4)NC(c4ccccc4)=C3)c2)cc1-c1ccccc1. The van der Waals surface area contributed by atoms with Crippen molar-refractivity contribution in [3.8, 4) is 33.4 Å². The molecule has 43 heavy (non-hydrogen) atoms. The van der Waals surface area contributed by atoms with Crippen molar-refractivity contribution in [1.29, 1.82) is 0 Å². The molecule has 1 aliphatic rings. The number of benzene rings is 6. The molecule has 6 aromatic carbocycles. The average Bonchev–Trinajstić information content (AvgIpc) is 3.09. The molecule has 0 bridgehead atoms. The summed E-state index contributed by atoms with van der Waals surface area (Å²) in [5.74, 6) is 0. The first-order valence-corrected chi connectivity index (χ1v) is 14.9. The molecule has 0 aliphatic carbocycles. The first kappa shape index (κ1) is 26.5. The summed E-state index contributed by atoms with van der Waals surface area (Å²) in [5, 5.41) is 3.77. The molecule has 1 N–H and O–H groups in total. The lowest BCUT2D eigenvalue weighted by atomic mass is 9.88. The fourth-order valence-corrected chi connectivity index (χ4v) is 6.01. The number of rotatable bonds is 6. The van der Waals surface area contributed by atoms with Crippen molar-refractivity contribution in [2.45, 2.75) is 13.0 Å². The van der Waals surface area contributed by atoms with Crippen LogP contribution in [0.4, 0.5) is 0 Å². The fraction of sp³-hybridized carbons (Fsp3) is 0.0476. The topological polar surface area (TPSA) is 12.0 Å². The van der Waals surface area contributed by atoms with E-state index >= 15 is 0 Å². The van der Waals surface area contributed by atoms with Gasteiger partial charge in [0.15, 0.2) is 0 Å². The van der Waals surface area contributed by atoms with Crippen LogP contribution in [0.2, 0.25) is 0 Å². The van der Waals surface area contributed by atoms with Crippen LogP contribution in [-0.4, -0.2) is 0 Å². The van der Waals surface area contributed by atoms with Gasteiger partial charge in [0.1, 0.15) is 0 Å². The van der Waals surface area contributed by atoms with E-state index in [1.165, 1.54) is 61.2 Å². The summed E-state index contributed by atoms with van der Waals surface area (Å²) in [7, 11) is 0. The predicted octanol–water partition coefficient (Wildman–Crippen LogP) is 10.8. The van der Waals surface area contributed by atoms with Crippen molar-refractivity contribution >= 4 is 11.3 Å². The van der Waals surface area contributed by atoms with Gasteiger partial charge in [0.05, 0.1) is 6.04 Å². The van der Waals surface area contributed by atoms with E-state index in [1.54, 1.807) is 0 Å². The Hall–Kier alpha value is -5.40. The van der Waals surface area contributed by atoms with Gasteiger partial charge in [0, 0.05) is 5.70 Å². The Morgan fingerprint density at radius 3 is 1.79 bits per heavy atom. The van der Waals surface area contributed by atoms with Crippen LogP contribution >= 0.6 is 0 Å². The third-order valence-corrected chi connectivity index (χ3v) is 8.27. The molecule has 1 nitrogen and oxygen atoms in total. The Bertz CT molecular complexity index is 1930. The molecule has 0 spiro atoms. The molecule has 1 heterocycles. The second kappa shape index (κ2) is 11.8. The molecule has 6 aromatic rings. The first-order valence-electron chi connectivity index (χ1n) is 14.9. The monoisotopic (exact) mass is 551 g/mol. The molecule has 1 aliphatic heterocycles. The van der Waals surface area contributed by atoms with E-state index in [-0.39, 0.29) is 6.04 Å². The maximum absolute atomic E-state index is 3.77. The Kier molecular flexibility index (Phi) is 7.29. The van der Waals surface area contributed by atoms with Gasteiger partial charge >= 0.3 is 0 Å². The Morgan fingerprint density at radius 1 is 0.442 bits per heavy atom. The van der Waals surface area contributed by atoms with Gasteiger partial charge in [0.25, 0.3) is 0 Å². The predicted molar refractivity (Wildman–Crippen MR) is 182 cm³/mol. The minimum atomic E-state index is 0.0816. The summed E-state index contributed by atoms with van der Waals surface area (Å²) in [6.07, 6.45) is 4.63. The molecule has 0 radical (unpaired) electrons. The van der Waals surface area contributed by atoms with Gasteiger partial charge < -0.3 is 5.32 Å². The summed E-state index contributed by atoms with van der Waals surface area (Å²) in [4.78, 5) is 0. The highest BCUT2D eigenvalue weighted by atomic mass is 14.9. The minimum absolute atomic E-state index is 0.0816. The largest absolute Gasteiger partial charge is 0.374 e. The number of hydrogen-bond acceptors (Lipinski definition) is 1. The lowest BCUT2D eigenvalue weighted by molar-refractivity contribution is 0.767. The van der Waals surface area contributed by atoms with Gasteiger partial charge in [0.2, 0.25) is 0 Å². The summed E-state index contributed by atoms with van der Waals surface area (Å²) in [5.41, 5.74) is 14.7. The summed E-state index contributed by atoms with van der Waals surface area (Å²) in [6, 6.07) is 56.6. The maximum atomic E-state index is 3.77. The van der Waals surface area contributed by atoms with E-state index in [4.69, 9.17) is 0 Å². The number of dihydropyridines is 1. The highest BCUT2D eigenvalue weighted by Gasteiger charge is 2.19. The van der Waals surface area contributed by atoms with Gasteiger partial charge in [-0.3, -0.25) is 0 Å². The van der Waals surface area contributed by atoms with Crippen molar-refractivity contribution in [2.24, 2.45) is 0 Å². The highest BCUT2D eigenvalue weighted by molar-refractivity contribution is 5.90. The molecular formula is C42H33N. The van der Waals surface area contributed by atoms with E-state index in [9.17, 15) is 0 Å². The molecule has 1 atom stereocenters. The number of aryl methyl sites for hydroxylation is 1. The lowest BCUT2D eigenvalue weighted by Crippen LogP contribution is -2.21. The van der Waals surface area contributed by atoms with E-state index in [0.717, 1.165) is 5.70 Å². The van der Waals surface area contributed by atoms with Crippen molar-refractivity contribution in [3.63, 3.8) is 0 Å². The van der Waals surface area contributed by atoms with E-state index in [2.05, 4.69) is 182 Å². The maximum Gasteiger partial charge on any atom is 0.0707 e. The Balaban J connectivity index is 1.32. The van der Waals surface area contributed by atoms with E-state index in [0.29, 0.717) is 0 Å². The zero-order valence-corrected chi connectivity index (χ0v) is 24.2. The van der Waals surface area contributed by atoms with Crippen LogP contribution < -0.4 is 5.32 Å². The van der Waals surface area contributed by atoms with Gasteiger partial charge in [-0.2, -0.15) is 0 Å². The number of allylic oxidation sites excluding steroid dienone is 2. The summed E-state index contributed by atoms with van der Waals surface area (Å²) >= 11 is 0. The zero-order valence-electron chi connectivity index (χ0n) is 24.2. The Labute approximate surface area is 254 Å².